The van der Waals surface area contributed by atoms with E-state index in [1.807, 2.05) is 0 Å². The Morgan fingerprint density at radius 2 is 1.90 bits per heavy atom. The Morgan fingerprint density at radius 1 is 1.24 bits per heavy atom. The predicted octanol–water partition coefficient (Wildman–Crippen LogP) is 3.89. The second kappa shape index (κ2) is 5.88. The SMILES string of the molecule is Cc1cc([N+](=O)[O-])ccc1Oc1ccc(F)cc1[C@H](C)O. The first-order valence-corrected chi connectivity index (χ1v) is 6.29. The molecular weight excluding hydrogens is 277 g/mol. The molecule has 0 saturated heterocycles. The van der Waals surface area contributed by atoms with Crippen LogP contribution >= 0.6 is 0 Å². The summed E-state index contributed by atoms with van der Waals surface area (Å²) in [5.74, 6) is 0.246. The Bertz CT molecular complexity index is 685. The van der Waals surface area contributed by atoms with E-state index in [0.717, 1.165) is 0 Å². The molecule has 0 aliphatic heterocycles. The Morgan fingerprint density at radius 3 is 2.48 bits per heavy atom. The number of aliphatic hydroxyl groups excluding tert-OH is 1. The third-order valence-corrected chi connectivity index (χ3v) is 3.01. The van der Waals surface area contributed by atoms with Gasteiger partial charge in [-0.15, -0.1) is 0 Å². The Balaban J connectivity index is 2.36. The number of rotatable bonds is 4. The number of benzene rings is 2. The van der Waals surface area contributed by atoms with Crippen LogP contribution in [0.25, 0.3) is 0 Å². The summed E-state index contributed by atoms with van der Waals surface area (Å²) in [5, 5.41) is 20.4. The van der Waals surface area contributed by atoms with Crippen molar-refractivity contribution in [2.45, 2.75) is 20.0 Å². The first kappa shape index (κ1) is 14.9. The molecule has 0 unspecified atom stereocenters. The molecule has 0 heterocycles. The number of nitro groups is 1. The van der Waals surface area contributed by atoms with Gasteiger partial charge >= 0.3 is 0 Å². The van der Waals surface area contributed by atoms with Crippen molar-refractivity contribution in [1.29, 1.82) is 0 Å². The number of aliphatic hydroxyl groups is 1. The van der Waals surface area contributed by atoms with Gasteiger partial charge in [0.25, 0.3) is 5.69 Å². The van der Waals surface area contributed by atoms with Gasteiger partial charge in [0.1, 0.15) is 17.3 Å². The molecule has 110 valence electrons. The van der Waals surface area contributed by atoms with Crippen molar-refractivity contribution >= 4 is 5.69 Å². The summed E-state index contributed by atoms with van der Waals surface area (Å²) in [4.78, 5) is 10.2. The third kappa shape index (κ3) is 3.35. The molecule has 1 N–H and O–H groups in total. The van der Waals surface area contributed by atoms with Gasteiger partial charge in [-0.2, -0.15) is 0 Å². The fourth-order valence-corrected chi connectivity index (χ4v) is 1.92. The van der Waals surface area contributed by atoms with E-state index in [2.05, 4.69) is 0 Å². The summed E-state index contributed by atoms with van der Waals surface area (Å²) in [6.07, 6.45) is -0.894. The topological polar surface area (TPSA) is 72.6 Å². The van der Waals surface area contributed by atoms with Crippen molar-refractivity contribution < 1.29 is 19.2 Å². The average molecular weight is 291 g/mol. The molecule has 0 radical (unpaired) electrons. The highest BCUT2D eigenvalue weighted by molar-refractivity contribution is 5.46. The minimum atomic E-state index is -0.894. The van der Waals surface area contributed by atoms with Crippen LogP contribution in [0.5, 0.6) is 11.5 Å². The van der Waals surface area contributed by atoms with Gasteiger partial charge in [0, 0.05) is 17.7 Å². The molecule has 0 amide bonds. The number of nitro benzene ring substituents is 1. The molecule has 0 bridgehead atoms. The zero-order chi connectivity index (χ0) is 15.6. The monoisotopic (exact) mass is 291 g/mol. The van der Waals surface area contributed by atoms with Crippen LogP contribution in [0, 0.1) is 22.9 Å². The van der Waals surface area contributed by atoms with Crippen molar-refractivity contribution in [3.8, 4) is 11.5 Å². The van der Waals surface area contributed by atoms with Crippen LogP contribution in [0.3, 0.4) is 0 Å². The van der Waals surface area contributed by atoms with Crippen LogP contribution in [-0.4, -0.2) is 10.0 Å². The van der Waals surface area contributed by atoms with E-state index in [-0.39, 0.29) is 5.69 Å². The zero-order valence-corrected chi connectivity index (χ0v) is 11.5. The lowest BCUT2D eigenvalue weighted by Crippen LogP contribution is -1.98. The number of nitrogens with zero attached hydrogens (tertiary/aromatic N) is 1. The maximum absolute atomic E-state index is 13.2. The van der Waals surface area contributed by atoms with Gasteiger partial charge in [0.05, 0.1) is 11.0 Å². The molecule has 6 heteroatoms. The molecule has 0 aliphatic carbocycles. The predicted molar refractivity (Wildman–Crippen MR) is 74.9 cm³/mol. The molecule has 0 saturated carbocycles. The Labute approximate surface area is 120 Å². The normalized spacial score (nSPS) is 12.0. The zero-order valence-electron chi connectivity index (χ0n) is 11.5. The lowest BCUT2D eigenvalue weighted by atomic mass is 10.1. The third-order valence-electron chi connectivity index (χ3n) is 3.01. The summed E-state index contributed by atoms with van der Waals surface area (Å²) < 4.78 is 18.9. The second-order valence-electron chi connectivity index (χ2n) is 4.67. The molecule has 2 rings (SSSR count). The van der Waals surface area contributed by atoms with Gasteiger partial charge in [0.2, 0.25) is 0 Å². The molecule has 2 aromatic carbocycles. The quantitative estimate of drug-likeness (QED) is 0.685. The highest BCUT2D eigenvalue weighted by Crippen LogP contribution is 2.33. The molecule has 0 aliphatic rings. The second-order valence-corrected chi connectivity index (χ2v) is 4.67. The fourth-order valence-electron chi connectivity index (χ4n) is 1.92. The number of hydrogen-bond donors (Lipinski definition) is 1. The maximum atomic E-state index is 13.2. The van der Waals surface area contributed by atoms with Crippen LogP contribution in [0.2, 0.25) is 0 Å². The smallest absolute Gasteiger partial charge is 0.269 e. The van der Waals surface area contributed by atoms with E-state index < -0.39 is 16.8 Å². The molecular formula is C15H14FNO4. The van der Waals surface area contributed by atoms with Crippen LogP contribution in [-0.2, 0) is 0 Å². The number of hydrogen-bond acceptors (Lipinski definition) is 4. The van der Waals surface area contributed by atoms with Crippen molar-refractivity contribution in [2.75, 3.05) is 0 Å². The molecule has 0 spiro atoms. The van der Waals surface area contributed by atoms with Gasteiger partial charge in [-0.3, -0.25) is 10.1 Å². The standard InChI is InChI=1S/C15H14FNO4/c1-9-7-12(17(19)20)4-6-14(9)21-15-5-3-11(16)8-13(15)10(2)18/h3-8,10,18H,1-2H3/t10-/m0/s1. The Hall–Kier alpha value is -2.47. The van der Waals surface area contributed by atoms with Gasteiger partial charge in [-0.1, -0.05) is 0 Å². The summed E-state index contributed by atoms with van der Waals surface area (Å²) in [6.45, 7) is 3.18. The number of aryl methyl sites for hydroxylation is 1. The summed E-state index contributed by atoms with van der Waals surface area (Å²) in [6, 6.07) is 8.03. The van der Waals surface area contributed by atoms with E-state index in [1.54, 1.807) is 6.92 Å². The summed E-state index contributed by atoms with van der Waals surface area (Å²) in [7, 11) is 0. The molecule has 1 atom stereocenters. The maximum Gasteiger partial charge on any atom is 0.269 e. The fraction of sp³-hybridized carbons (Fsp3) is 0.200. The number of non-ortho nitro benzene ring substituents is 1. The van der Waals surface area contributed by atoms with Crippen molar-refractivity contribution in [3.63, 3.8) is 0 Å². The molecule has 2 aromatic rings. The first-order chi connectivity index (χ1) is 9.88. The van der Waals surface area contributed by atoms with E-state index in [9.17, 15) is 19.6 Å². The molecule has 5 nitrogen and oxygen atoms in total. The average Bonchev–Trinajstić information content (AvgIpc) is 2.42. The van der Waals surface area contributed by atoms with E-state index >= 15 is 0 Å². The van der Waals surface area contributed by atoms with E-state index in [1.165, 1.54) is 43.3 Å². The first-order valence-electron chi connectivity index (χ1n) is 6.29. The van der Waals surface area contributed by atoms with E-state index in [4.69, 9.17) is 4.74 Å². The number of halogens is 1. The van der Waals surface area contributed by atoms with Gasteiger partial charge in [0.15, 0.2) is 0 Å². The lowest BCUT2D eigenvalue weighted by molar-refractivity contribution is -0.384. The highest BCUT2D eigenvalue weighted by Gasteiger charge is 2.14. The summed E-state index contributed by atoms with van der Waals surface area (Å²) in [5.41, 5.74) is 0.854. The van der Waals surface area contributed by atoms with Crippen LogP contribution in [0.4, 0.5) is 10.1 Å². The van der Waals surface area contributed by atoms with Crippen molar-refractivity contribution in [3.05, 3.63) is 63.5 Å². The van der Waals surface area contributed by atoms with Crippen molar-refractivity contribution in [2.24, 2.45) is 0 Å². The van der Waals surface area contributed by atoms with Crippen molar-refractivity contribution in [1.82, 2.24) is 0 Å². The molecule has 0 fully saturated rings. The van der Waals surface area contributed by atoms with Gasteiger partial charge in [-0.25, -0.2) is 4.39 Å². The Kier molecular flexibility index (Phi) is 4.18. The highest BCUT2D eigenvalue weighted by atomic mass is 19.1. The molecule has 21 heavy (non-hydrogen) atoms. The number of ether oxygens (including phenoxy) is 1. The minimum Gasteiger partial charge on any atom is -0.457 e. The van der Waals surface area contributed by atoms with Crippen LogP contribution < -0.4 is 4.74 Å². The van der Waals surface area contributed by atoms with Crippen LogP contribution in [0.15, 0.2) is 36.4 Å². The summed E-state index contributed by atoms with van der Waals surface area (Å²) >= 11 is 0. The lowest BCUT2D eigenvalue weighted by Gasteiger charge is -2.14. The van der Waals surface area contributed by atoms with Gasteiger partial charge < -0.3 is 9.84 Å². The van der Waals surface area contributed by atoms with E-state index in [0.29, 0.717) is 22.6 Å². The minimum absolute atomic E-state index is 0.0327. The van der Waals surface area contributed by atoms with Gasteiger partial charge in [-0.05, 0) is 43.7 Å². The largest absolute Gasteiger partial charge is 0.457 e. The van der Waals surface area contributed by atoms with Crippen LogP contribution in [0.1, 0.15) is 24.2 Å². The molecule has 0 aromatic heterocycles.